The number of carboxylic acids is 1. The van der Waals surface area contributed by atoms with Gasteiger partial charge in [0.2, 0.25) is 0 Å². The van der Waals surface area contributed by atoms with Gasteiger partial charge >= 0.3 is 5.97 Å². The Bertz CT molecular complexity index is 403. The summed E-state index contributed by atoms with van der Waals surface area (Å²) in [6.07, 6.45) is 0.649. The van der Waals surface area contributed by atoms with Gasteiger partial charge in [0.05, 0.1) is 18.8 Å². The average molecular weight is 212 g/mol. The van der Waals surface area contributed by atoms with Gasteiger partial charge in [-0.3, -0.25) is 0 Å². The third-order valence-corrected chi connectivity index (χ3v) is 2.05. The number of fused-ring (bicyclic) bond motifs is 1. The number of benzene rings is 1. The summed E-state index contributed by atoms with van der Waals surface area (Å²) in [4.78, 5) is 10.7. The maximum absolute atomic E-state index is 13.4. The van der Waals surface area contributed by atoms with Crippen LogP contribution in [0.15, 0.2) is 12.1 Å². The molecule has 0 radical (unpaired) electrons. The van der Waals surface area contributed by atoms with E-state index >= 15 is 0 Å². The van der Waals surface area contributed by atoms with E-state index in [1.807, 2.05) is 0 Å². The van der Waals surface area contributed by atoms with Crippen molar-refractivity contribution in [2.75, 3.05) is 13.2 Å². The maximum Gasteiger partial charge on any atom is 0.335 e. The third kappa shape index (κ3) is 1.86. The van der Waals surface area contributed by atoms with Gasteiger partial charge in [0.25, 0.3) is 0 Å². The van der Waals surface area contributed by atoms with Crippen LogP contribution in [0.4, 0.5) is 4.39 Å². The van der Waals surface area contributed by atoms with Crippen LogP contribution >= 0.6 is 0 Å². The molecule has 80 valence electrons. The van der Waals surface area contributed by atoms with Crippen molar-refractivity contribution in [3.63, 3.8) is 0 Å². The minimum absolute atomic E-state index is 0.00231. The van der Waals surface area contributed by atoms with Crippen LogP contribution in [0.25, 0.3) is 0 Å². The summed E-state index contributed by atoms with van der Waals surface area (Å²) < 4.78 is 23.7. The molecule has 0 amide bonds. The first-order chi connectivity index (χ1) is 7.18. The van der Waals surface area contributed by atoms with Crippen molar-refractivity contribution < 1.29 is 23.8 Å². The Morgan fingerprint density at radius 3 is 2.80 bits per heavy atom. The van der Waals surface area contributed by atoms with Gasteiger partial charge < -0.3 is 14.6 Å². The smallest absolute Gasteiger partial charge is 0.335 e. The number of carbonyl (C=O) groups is 1. The van der Waals surface area contributed by atoms with Gasteiger partial charge in [0, 0.05) is 6.42 Å². The predicted octanol–water partition coefficient (Wildman–Crippen LogP) is 1.69. The van der Waals surface area contributed by atoms with Crippen molar-refractivity contribution in [3.8, 4) is 11.5 Å². The number of carboxylic acid groups (broad SMARTS) is 1. The van der Waals surface area contributed by atoms with Gasteiger partial charge in [0.1, 0.15) is 0 Å². The predicted molar refractivity (Wildman–Crippen MR) is 49.0 cm³/mol. The number of hydrogen-bond donors (Lipinski definition) is 1. The average Bonchev–Trinajstić information content (AvgIpc) is 2.42. The normalized spacial score (nSPS) is 14.5. The molecule has 0 aliphatic carbocycles. The minimum atomic E-state index is -1.19. The minimum Gasteiger partial charge on any atom is -0.489 e. The molecule has 0 aromatic heterocycles. The molecule has 1 aromatic carbocycles. The number of ether oxygens (including phenoxy) is 2. The lowest BCUT2D eigenvalue weighted by Crippen LogP contribution is -2.01. The molecular weight excluding hydrogens is 203 g/mol. The zero-order chi connectivity index (χ0) is 10.8. The quantitative estimate of drug-likeness (QED) is 0.769. The Balaban J connectivity index is 2.48. The number of halogens is 1. The van der Waals surface area contributed by atoms with Gasteiger partial charge in [-0.15, -0.1) is 0 Å². The summed E-state index contributed by atoms with van der Waals surface area (Å²) in [7, 11) is 0. The van der Waals surface area contributed by atoms with Crippen LogP contribution in [0.1, 0.15) is 16.8 Å². The molecule has 1 heterocycles. The van der Waals surface area contributed by atoms with E-state index in [1.165, 1.54) is 6.07 Å². The van der Waals surface area contributed by atoms with Crippen molar-refractivity contribution in [1.82, 2.24) is 0 Å². The third-order valence-electron chi connectivity index (χ3n) is 2.05. The fraction of sp³-hybridized carbons (Fsp3) is 0.300. The highest BCUT2D eigenvalue weighted by Gasteiger charge is 2.18. The molecular formula is C10H9FO4. The molecule has 0 atom stereocenters. The van der Waals surface area contributed by atoms with Gasteiger partial charge in [-0.2, -0.15) is 0 Å². The SMILES string of the molecule is O=C(O)c1cc(F)c2c(c1)OCCCO2. The molecule has 0 unspecified atom stereocenters. The summed E-state index contributed by atoms with van der Waals surface area (Å²) in [5.41, 5.74) is -0.142. The molecule has 4 nitrogen and oxygen atoms in total. The first-order valence-electron chi connectivity index (χ1n) is 4.51. The molecule has 5 heteroatoms. The van der Waals surface area contributed by atoms with Crippen LogP contribution in [0, 0.1) is 5.82 Å². The van der Waals surface area contributed by atoms with Crippen LogP contribution in [0.3, 0.4) is 0 Å². The number of rotatable bonds is 1. The Labute approximate surface area is 85.2 Å². The first-order valence-corrected chi connectivity index (χ1v) is 4.51. The topological polar surface area (TPSA) is 55.8 Å². The molecule has 0 saturated heterocycles. The zero-order valence-electron chi connectivity index (χ0n) is 7.83. The molecule has 2 rings (SSSR count). The molecule has 15 heavy (non-hydrogen) atoms. The summed E-state index contributed by atoms with van der Waals surface area (Å²) >= 11 is 0. The van der Waals surface area contributed by atoms with E-state index in [1.54, 1.807) is 0 Å². The van der Waals surface area contributed by atoms with Gasteiger partial charge in [-0.1, -0.05) is 0 Å². The largest absolute Gasteiger partial charge is 0.489 e. The highest BCUT2D eigenvalue weighted by Crippen LogP contribution is 2.33. The lowest BCUT2D eigenvalue weighted by Gasteiger charge is -2.08. The van der Waals surface area contributed by atoms with Crippen molar-refractivity contribution in [3.05, 3.63) is 23.5 Å². The van der Waals surface area contributed by atoms with E-state index in [2.05, 4.69) is 0 Å². The summed E-state index contributed by atoms with van der Waals surface area (Å²) in [6.45, 7) is 0.770. The van der Waals surface area contributed by atoms with Crippen LogP contribution in [0.2, 0.25) is 0 Å². The maximum atomic E-state index is 13.4. The summed E-state index contributed by atoms with van der Waals surface area (Å²) in [5, 5.41) is 8.72. The van der Waals surface area contributed by atoms with E-state index in [-0.39, 0.29) is 17.1 Å². The van der Waals surface area contributed by atoms with Crippen molar-refractivity contribution in [2.45, 2.75) is 6.42 Å². The monoisotopic (exact) mass is 212 g/mol. The second-order valence-electron chi connectivity index (χ2n) is 3.14. The molecule has 1 N–H and O–H groups in total. The van der Waals surface area contributed by atoms with Crippen LogP contribution < -0.4 is 9.47 Å². The molecule has 0 bridgehead atoms. The van der Waals surface area contributed by atoms with Gasteiger partial charge in [-0.05, 0) is 12.1 Å². The van der Waals surface area contributed by atoms with Gasteiger partial charge in [-0.25, -0.2) is 9.18 Å². The highest BCUT2D eigenvalue weighted by molar-refractivity contribution is 5.88. The van der Waals surface area contributed by atoms with E-state index in [9.17, 15) is 9.18 Å². The Hall–Kier alpha value is -1.78. The van der Waals surface area contributed by atoms with Crippen molar-refractivity contribution in [2.24, 2.45) is 0 Å². The molecule has 1 aliphatic heterocycles. The zero-order valence-corrected chi connectivity index (χ0v) is 7.83. The van der Waals surface area contributed by atoms with Gasteiger partial charge in [0.15, 0.2) is 17.3 Å². The summed E-state index contributed by atoms with van der Waals surface area (Å²) in [6, 6.07) is 2.20. The second kappa shape index (κ2) is 3.76. The Morgan fingerprint density at radius 2 is 2.07 bits per heavy atom. The fourth-order valence-electron chi connectivity index (χ4n) is 1.35. The van der Waals surface area contributed by atoms with E-state index in [4.69, 9.17) is 14.6 Å². The van der Waals surface area contributed by atoms with Crippen LogP contribution in [-0.4, -0.2) is 24.3 Å². The van der Waals surface area contributed by atoms with Crippen molar-refractivity contribution in [1.29, 1.82) is 0 Å². The van der Waals surface area contributed by atoms with E-state index < -0.39 is 11.8 Å². The highest BCUT2D eigenvalue weighted by atomic mass is 19.1. The van der Waals surface area contributed by atoms with E-state index in [0.717, 1.165) is 6.07 Å². The molecule has 0 spiro atoms. The second-order valence-corrected chi connectivity index (χ2v) is 3.14. The Morgan fingerprint density at radius 1 is 1.33 bits per heavy atom. The molecule has 1 aliphatic rings. The molecule has 1 aromatic rings. The first kappa shape index (κ1) is 9.76. The summed E-state index contributed by atoms with van der Waals surface area (Å²) in [5.74, 6) is -1.74. The van der Waals surface area contributed by atoms with Crippen molar-refractivity contribution >= 4 is 5.97 Å². The molecule has 0 fully saturated rings. The Kier molecular flexibility index (Phi) is 2.45. The lowest BCUT2D eigenvalue weighted by molar-refractivity contribution is 0.0695. The van der Waals surface area contributed by atoms with Crippen LogP contribution in [-0.2, 0) is 0 Å². The molecule has 0 saturated carbocycles. The number of aromatic carboxylic acids is 1. The lowest BCUT2D eigenvalue weighted by atomic mass is 10.2. The fourth-order valence-corrected chi connectivity index (χ4v) is 1.35. The number of hydrogen-bond acceptors (Lipinski definition) is 3. The van der Waals surface area contributed by atoms with Crippen LogP contribution in [0.5, 0.6) is 11.5 Å². The standard InChI is InChI=1S/C10H9FO4/c11-7-4-6(10(12)13)5-8-9(7)15-3-1-2-14-8/h4-5H,1-3H2,(H,12,13). The van der Waals surface area contributed by atoms with E-state index in [0.29, 0.717) is 19.6 Å².